The zero-order valence-electron chi connectivity index (χ0n) is 14.2. The Morgan fingerprint density at radius 2 is 0.875 bits per heavy atom. The van der Waals surface area contributed by atoms with E-state index in [1.165, 1.54) is 0 Å². The van der Waals surface area contributed by atoms with Gasteiger partial charge in [-0.15, -0.1) is 0 Å². The van der Waals surface area contributed by atoms with E-state index >= 15 is 0 Å². The molecule has 0 atom stereocenters. The van der Waals surface area contributed by atoms with Crippen LogP contribution in [0, 0.1) is 0 Å². The first-order chi connectivity index (χ1) is 11.2. The van der Waals surface area contributed by atoms with Crippen LogP contribution in [0.3, 0.4) is 0 Å². The van der Waals surface area contributed by atoms with Crippen molar-refractivity contribution < 1.29 is 19.8 Å². The molecule has 0 heterocycles. The fourth-order valence-electron chi connectivity index (χ4n) is 1.80. The van der Waals surface area contributed by atoms with E-state index in [-0.39, 0.29) is 0 Å². The van der Waals surface area contributed by atoms with Crippen LogP contribution in [-0.4, -0.2) is 50.3 Å². The number of carboxylic acid groups (broad SMARTS) is 2. The van der Waals surface area contributed by atoms with Crippen LogP contribution in [0.15, 0.2) is 48.5 Å². The molecular formula is C18H22N2O4. The van der Waals surface area contributed by atoms with Gasteiger partial charge in [-0.2, -0.15) is 0 Å². The summed E-state index contributed by atoms with van der Waals surface area (Å²) in [5.41, 5.74) is 2.64. The van der Waals surface area contributed by atoms with Crippen LogP contribution in [0.25, 0.3) is 0 Å². The van der Waals surface area contributed by atoms with Gasteiger partial charge >= 0.3 is 11.9 Å². The predicted molar refractivity (Wildman–Crippen MR) is 95.5 cm³/mol. The summed E-state index contributed by atoms with van der Waals surface area (Å²) in [5, 5.41) is 17.2. The summed E-state index contributed by atoms with van der Waals surface area (Å²) in [6, 6.07) is 13.5. The van der Waals surface area contributed by atoms with Crippen LogP contribution < -0.4 is 9.80 Å². The fraction of sp³-hybridized carbons (Fsp3) is 0.222. The van der Waals surface area contributed by atoms with E-state index in [2.05, 4.69) is 0 Å². The van der Waals surface area contributed by atoms with Crippen molar-refractivity contribution in [3.8, 4) is 0 Å². The number of anilines is 2. The van der Waals surface area contributed by atoms with E-state index < -0.39 is 11.9 Å². The number of hydrogen-bond donors (Lipinski definition) is 2. The Morgan fingerprint density at radius 3 is 1.04 bits per heavy atom. The van der Waals surface area contributed by atoms with Crippen LogP contribution in [0.4, 0.5) is 11.4 Å². The topological polar surface area (TPSA) is 81.1 Å². The van der Waals surface area contributed by atoms with Crippen LogP contribution in [0.1, 0.15) is 20.7 Å². The normalized spacial score (nSPS) is 9.50. The Bertz CT molecular complexity index is 616. The molecule has 2 aromatic rings. The molecule has 24 heavy (non-hydrogen) atoms. The Kier molecular flexibility index (Phi) is 6.79. The molecule has 0 aromatic heterocycles. The van der Waals surface area contributed by atoms with Crippen molar-refractivity contribution >= 4 is 23.3 Å². The third-order valence-electron chi connectivity index (χ3n) is 3.26. The summed E-state index contributed by atoms with van der Waals surface area (Å²) in [5.74, 6) is -1.78. The molecule has 128 valence electrons. The van der Waals surface area contributed by atoms with Gasteiger partial charge in [-0.1, -0.05) is 0 Å². The third-order valence-corrected chi connectivity index (χ3v) is 3.26. The molecule has 0 fully saturated rings. The summed E-state index contributed by atoms with van der Waals surface area (Å²) >= 11 is 0. The lowest BCUT2D eigenvalue weighted by molar-refractivity contribution is 0.0686. The minimum atomic E-state index is -0.889. The number of hydrogen-bond acceptors (Lipinski definition) is 4. The zero-order valence-corrected chi connectivity index (χ0v) is 14.2. The largest absolute Gasteiger partial charge is 0.478 e. The quantitative estimate of drug-likeness (QED) is 0.897. The number of benzene rings is 2. The third kappa shape index (κ3) is 5.64. The van der Waals surface area contributed by atoms with E-state index in [0.29, 0.717) is 11.1 Å². The summed E-state index contributed by atoms with van der Waals surface area (Å²) < 4.78 is 0. The molecule has 6 nitrogen and oxygen atoms in total. The maximum absolute atomic E-state index is 10.5. The molecule has 0 saturated carbocycles. The van der Waals surface area contributed by atoms with Crippen LogP contribution >= 0.6 is 0 Å². The zero-order chi connectivity index (χ0) is 18.3. The molecule has 0 saturated heterocycles. The first-order valence-electron chi connectivity index (χ1n) is 7.23. The first kappa shape index (κ1) is 19.0. The average molecular weight is 330 g/mol. The summed E-state index contributed by atoms with van der Waals surface area (Å²) in [6.45, 7) is 0. The van der Waals surface area contributed by atoms with Gasteiger partial charge < -0.3 is 20.0 Å². The Hall–Kier alpha value is -3.02. The minimum Gasteiger partial charge on any atom is -0.478 e. The second kappa shape index (κ2) is 8.57. The Labute approximate surface area is 141 Å². The summed E-state index contributed by atoms with van der Waals surface area (Å²) in [4.78, 5) is 24.8. The minimum absolute atomic E-state index is 0.320. The molecular weight excluding hydrogens is 308 g/mol. The van der Waals surface area contributed by atoms with E-state index in [4.69, 9.17) is 10.2 Å². The van der Waals surface area contributed by atoms with Crippen LogP contribution in [-0.2, 0) is 0 Å². The van der Waals surface area contributed by atoms with Crippen molar-refractivity contribution in [3.63, 3.8) is 0 Å². The molecule has 2 aromatic carbocycles. The highest BCUT2D eigenvalue weighted by atomic mass is 16.4. The van der Waals surface area contributed by atoms with Gasteiger partial charge in [0.25, 0.3) is 0 Å². The standard InChI is InChI=1S/2C9H11NO2/c2*1-10(2)8-5-3-7(4-6-8)9(11)12/h2*3-6H,1-2H3,(H,11,12). The molecule has 2 rings (SSSR count). The van der Waals surface area contributed by atoms with E-state index in [0.717, 1.165) is 11.4 Å². The van der Waals surface area contributed by atoms with E-state index in [1.807, 2.05) is 38.0 Å². The molecule has 2 N–H and O–H groups in total. The SMILES string of the molecule is CN(C)c1ccc(C(=O)O)cc1.CN(C)c1ccc(C(=O)O)cc1. The maximum Gasteiger partial charge on any atom is 0.335 e. The monoisotopic (exact) mass is 330 g/mol. The van der Waals surface area contributed by atoms with Crippen LogP contribution in [0.5, 0.6) is 0 Å². The maximum atomic E-state index is 10.5. The lowest BCUT2D eigenvalue weighted by atomic mass is 10.2. The molecule has 6 heteroatoms. The predicted octanol–water partition coefficient (Wildman–Crippen LogP) is 2.90. The van der Waals surface area contributed by atoms with Gasteiger partial charge in [0.05, 0.1) is 11.1 Å². The lowest BCUT2D eigenvalue weighted by Gasteiger charge is -2.11. The molecule has 0 aliphatic heterocycles. The van der Waals surface area contributed by atoms with E-state index in [1.54, 1.807) is 48.5 Å². The number of carbonyl (C=O) groups is 2. The number of nitrogens with zero attached hydrogens (tertiary/aromatic N) is 2. The van der Waals surface area contributed by atoms with Gasteiger partial charge in [-0.05, 0) is 48.5 Å². The highest BCUT2D eigenvalue weighted by molar-refractivity contribution is 5.88. The molecule has 0 aliphatic carbocycles. The first-order valence-corrected chi connectivity index (χ1v) is 7.23. The highest BCUT2D eigenvalue weighted by Gasteiger charge is 2.02. The fourth-order valence-corrected chi connectivity index (χ4v) is 1.80. The van der Waals surface area contributed by atoms with Crippen molar-refractivity contribution in [2.45, 2.75) is 0 Å². The highest BCUT2D eigenvalue weighted by Crippen LogP contribution is 2.12. The van der Waals surface area contributed by atoms with Crippen molar-refractivity contribution in [2.75, 3.05) is 38.0 Å². The lowest BCUT2D eigenvalue weighted by Crippen LogP contribution is -2.08. The van der Waals surface area contributed by atoms with Gasteiger partial charge in [0, 0.05) is 39.6 Å². The molecule has 0 unspecified atom stereocenters. The molecule has 0 spiro atoms. The number of rotatable bonds is 4. The second-order valence-electron chi connectivity index (χ2n) is 5.49. The van der Waals surface area contributed by atoms with Crippen molar-refractivity contribution in [3.05, 3.63) is 59.7 Å². The van der Waals surface area contributed by atoms with Crippen molar-refractivity contribution in [1.29, 1.82) is 0 Å². The van der Waals surface area contributed by atoms with Gasteiger partial charge in [0.15, 0.2) is 0 Å². The Balaban J connectivity index is 0.000000240. The Morgan fingerprint density at radius 1 is 0.625 bits per heavy atom. The molecule has 0 aliphatic rings. The van der Waals surface area contributed by atoms with Crippen molar-refractivity contribution in [1.82, 2.24) is 0 Å². The number of carboxylic acids is 2. The summed E-state index contributed by atoms with van der Waals surface area (Å²) in [7, 11) is 7.65. The number of aromatic carboxylic acids is 2. The van der Waals surface area contributed by atoms with E-state index in [9.17, 15) is 9.59 Å². The molecule has 0 amide bonds. The van der Waals surface area contributed by atoms with Gasteiger partial charge in [0.2, 0.25) is 0 Å². The van der Waals surface area contributed by atoms with Crippen LogP contribution in [0.2, 0.25) is 0 Å². The van der Waals surface area contributed by atoms with Crippen molar-refractivity contribution in [2.24, 2.45) is 0 Å². The molecule has 0 bridgehead atoms. The average Bonchev–Trinajstić information content (AvgIpc) is 2.55. The summed E-state index contributed by atoms with van der Waals surface area (Å²) in [6.07, 6.45) is 0. The smallest absolute Gasteiger partial charge is 0.335 e. The molecule has 0 radical (unpaired) electrons. The van der Waals surface area contributed by atoms with Gasteiger partial charge in [-0.3, -0.25) is 0 Å². The van der Waals surface area contributed by atoms with Gasteiger partial charge in [-0.25, -0.2) is 9.59 Å². The second-order valence-corrected chi connectivity index (χ2v) is 5.49. The van der Waals surface area contributed by atoms with Gasteiger partial charge in [0.1, 0.15) is 0 Å².